The highest BCUT2D eigenvalue weighted by Gasteiger charge is 2.58. The minimum Gasteiger partial charge on any atom is -0.486 e. The van der Waals surface area contributed by atoms with Crippen LogP contribution in [0.15, 0.2) is 18.2 Å². The van der Waals surface area contributed by atoms with Gasteiger partial charge < -0.3 is 46.3 Å². The van der Waals surface area contributed by atoms with Gasteiger partial charge in [-0.25, -0.2) is 9.18 Å². The van der Waals surface area contributed by atoms with Crippen LogP contribution in [0.5, 0.6) is 5.75 Å². The number of rotatable bonds is 16. The average molecular weight is 716 g/mol. The molecule has 0 radical (unpaired) electrons. The third-order valence-electron chi connectivity index (χ3n) is 7.08. The van der Waals surface area contributed by atoms with E-state index in [1.54, 1.807) is 0 Å². The molecule has 1 aromatic carbocycles. The van der Waals surface area contributed by atoms with Crippen molar-refractivity contribution in [1.29, 1.82) is 0 Å². The van der Waals surface area contributed by atoms with Crippen molar-refractivity contribution >= 4 is 41.3 Å². The second-order valence-corrected chi connectivity index (χ2v) is 11.0. The zero-order valence-corrected chi connectivity index (χ0v) is 26.1. The number of amides is 4. The van der Waals surface area contributed by atoms with Gasteiger partial charge in [0, 0.05) is 25.5 Å². The summed E-state index contributed by atoms with van der Waals surface area (Å²) in [5.74, 6) is -12.5. The lowest BCUT2D eigenvalue weighted by Crippen LogP contribution is -2.63. The first-order valence-corrected chi connectivity index (χ1v) is 14.5. The molecule has 1 aliphatic rings. The van der Waals surface area contributed by atoms with Gasteiger partial charge in [0.25, 0.3) is 17.7 Å². The molecule has 49 heavy (non-hydrogen) atoms. The van der Waals surface area contributed by atoms with Crippen molar-refractivity contribution in [1.82, 2.24) is 16.0 Å². The van der Waals surface area contributed by atoms with Gasteiger partial charge in [-0.1, -0.05) is 0 Å². The topological polar surface area (TPSA) is 227 Å². The number of alkyl halides is 5. The number of fused-ring (bicyclic) bond motifs is 1. The number of carbonyl (C=O) groups excluding carboxylic acids is 5. The molecule has 274 valence electrons. The molecule has 0 aliphatic carbocycles. The fraction of sp³-hybridized carbons (Fsp3) is 0.571. The van der Waals surface area contributed by atoms with Crippen molar-refractivity contribution in [2.24, 2.45) is 5.73 Å². The highest BCUT2D eigenvalue weighted by atomic mass is 19.4. The van der Waals surface area contributed by atoms with Crippen molar-refractivity contribution in [3.05, 3.63) is 24.0 Å². The zero-order valence-electron chi connectivity index (χ0n) is 26.1. The largest absolute Gasteiger partial charge is 0.486 e. The van der Waals surface area contributed by atoms with Crippen molar-refractivity contribution in [3.63, 3.8) is 0 Å². The summed E-state index contributed by atoms with van der Waals surface area (Å²) in [5.41, 5.74) is 1.89. The van der Waals surface area contributed by atoms with Gasteiger partial charge >= 0.3 is 24.2 Å². The van der Waals surface area contributed by atoms with Gasteiger partial charge in [0.1, 0.15) is 42.1 Å². The van der Waals surface area contributed by atoms with Crippen molar-refractivity contribution in [3.8, 4) is 5.75 Å². The quantitative estimate of drug-likeness (QED) is 0.0796. The number of hydrogen-bond acceptors (Lipinski definition) is 10. The number of carboxylic acids is 1. The van der Waals surface area contributed by atoms with E-state index in [1.807, 2.05) is 5.32 Å². The summed E-state index contributed by atoms with van der Waals surface area (Å²) in [6.45, 7) is -1.58. The number of hydrogen-bond donors (Lipinski definition) is 6. The molecule has 0 bridgehead atoms. The Morgan fingerprint density at radius 1 is 1.08 bits per heavy atom. The maximum Gasteiger partial charge on any atom is 0.455 e. The summed E-state index contributed by atoms with van der Waals surface area (Å²) >= 11 is 0. The van der Waals surface area contributed by atoms with E-state index in [9.17, 15) is 60.2 Å². The number of nitrogens with two attached hydrogens (primary N) is 1. The summed E-state index contributed by atoms with van der Waals surface area (Å²) in [5, 5.41) is 24.7. The summed E-state index contributed by atoms with van der Waals surface area (Å²) in [4.78, 5) is 74.3. The number of alkyl carbamates (subject to hydrolysis) is 1. The van der Waals surface area contributed by atoms with E-state index in [0.29, 0.717) is 6.92 Å². The molecule has 0 unspecified atom stereocenters. The van der Waals surface area contributed by atoms with Crippen LogP contribution in [0.3, 0.4) is 0 Å². The van der Waals surface area contributed by atoms with Gasteiger partial charge in [0.05, 0.1) is 18.8 Å². The molecule has 0 spiro atoms. The van der Waals surface area contributed by atoms with Crippen LogP contribution in [0.25, 0.3) is 0 Å². The lowest BCUT2D eigenvalue weighted by atomic mass is 10.0. The van der Waals surface area contributed by atoms with E-state index >= 15 is 0 Å². The molecule has 15 nitrogen and oxygen atoms in total. The van der Waals surface area contributed by atoms with Gasteiger partial charge in [0.2, 0.25) is 5.60 Å². The molecular formula is C28H35F6N5O10. The molecular weight excluding hydrogens is 680 g/mol. The molecule has 4 atom stereocenters. The predicted octanol–water partition coefficient (Wildman–Crippen LogP) is 0.757. The van der Waals surface area contributed by atoms with Crippen LogP contribution < -0.4 is 31.3 Å². The number of benzene rings is 1. The van der Waals surface area contributed by atoms with Crippen LogP contribution in [0.2, 0.25) is 0 Å². The third-order valence-corrected chi connectivity index (χ3v) is 7.08. The van der Waals surface area contributed by atoms with Crippen LogP contribution in [-0.2, 0) is 28.7 Å². The number of carboxylic acid groups (broad SMARTS) is 1. The average Bonchev–Trinajstić information content (AvgIpc) is 3.09. The van der Waals surface area contributed by atoms with E-state index in [-0.39, 0.29) is 49.4 Å². The van der Waals surface area contributed by atoms with Gasteiger partial charge in [-0.05, 0) is 38.8 Å². The van der Waals surface area contributed by atoms with Gasteiger partial charge in [-0.3, -0.25) is 24.0 Å². The summed E-state index contributed by atoms with van der Waals surface area (Å²) in [6, 6.07) is 0.0520. The van der Waals surface area contributed by atoms with Crippen molar-refractivity contribution in [2.45, 2.75) is 75.4 Å². The van der Waals surface area contributed by atoms with Crippen molar-refractivity contribution < 1.29 is 74.8 Å². The van der Waals surface area contributed by atoms with E-state index in [1.165, 1.54) is 6.92 Å². The lowest BCUT2D eigenvalue weighted by molar-refractivity contribution is -0.278. The minimum atomic E-state index is -6.04. The molecule has 2 rings (SSSR count). The zero-order chi connectivity index (χ0) is 37.3. The maximum absolute atomic E-state index is 14.2. The third kappa shape index (κ3) is 11.2. The Morgan fingerprint density at radius 2 is 1.73 bits per heavy atom. The first-order chi connectivity index (χ1) is 22.6. The molecule has 0 fully saturated rings. The number of carbonyl (C=O) groups is 6. The number of aliphatic hydroxyl groups is 1. The number of Topliss-reactive ketones (excluding diaryl/α,β-unsaturated/α-hetero) is 1. The van der Waals surface area contributed by atoms with Crippen LogP contribution in [0.1, 0.15) is 39.5 Å². The molecule has 21 heteroatoms. The Labute approximate surface area is 274 Å². The second kappa shape index (κ2) is 16.6. The minimum absolute atomic E-state index is 0.0110. The SMILES string of the molecule is C[C@H]1Oc2ccc(F)cc2N(CCOC(=O)NCCCC(=O)CC[C@H](N)C(=O)O)C(=O)[C@H]1NC(=O)[C@@](C)(O)C(=O)NCC(F)(F)C(F)(F)F. The molecule has 0 aromatic heterocycles. The molecule has 7 N–H and O–H groups in total. The number of nitrogens with zero attached hydrogens (tertiary/aromatic N) is 1. The Hall–Kier alpha value is -4.66. The Bertz CT molecular complexity index is 1410. The number of ether oxygens (including phenoxy) is 2. The lowest BCUT2D eigenvalue weighted by Gasteiger charge is -2.29. The molecule has 1 aromatic rings. The highest BCUT2D eigenvalue weighted by Crippen LogP contribution is 2.35. The van der Waals surface area contributed by atoms with E-state index < -0.39 is 91.2 Å². The van der Waals surface area contributed by atoms with E-state index in [2.05, 4.69) is 5.32 Å². The molecule has 0 saturated carbocycles. The van der Waals surface area contributed by atoms with Crippen LogP contribution in [0, 0.1) is 5.82 Å². The standard InChI is InChI=1S/C28H35F6N5O10/c1-14-20(38-24(45)26(2,47)23(44)37-13-27(30,31)28(32,33)34)21(41)39(18-12-15(29)5-8-19(18)49-14)10-11-48-25(46)36-9-3-4-16(40)6-7-17(35)22(42)43/h5,8,12,14,17,20,47H,3-4,6-7,9-11,13,35H2,1-2H3,(H,36,46)(H,37,44)(H,38,45)(H,42,43)/t14-,17+,20+,26+/m1/s1. The first-order valence-electron chi connectivity index (χ1n) is 14.5. The smallest absolute Gasteiger partial charge is 0.455 e. The molecule has 4 amide bonds. The van der Waals surface area contributed by atoms with Gasteiger partial charge in [-0.15, -0.1) is 0 Å². The van der Waals surface area contributed by atoms with Crippen molar-refractivity contribution in [2.75, 3.05) is 31.1 Å². The van der Waals surface area contributed by atoms with Crippen LogP contribution >= 0.6 is 0 Å². The summed E-state index contributed by atoms with van der Waals surface area (Å²) in [7, 11) is 0. The van der Waals surface area contributed by atoms with Gasteiger partial charge in [0.15, 0.2) is 0 Å². The fourth-order valence-corrected chi connectivity index (χ4v) is 4.14. The highest BCUT2D eigenvalue weighted by molar-refractivity contribution is 6.10. The Morgan fingerprint density at radius 3 is 2.35 bits per heavy atom. The number of anilines is 1. The number of nitrogens with one attached hydrogen (secondary N) is 3. The fourth-order valence-electron chi connectivity index (χ4n) is 4.14. The summed E-state index contributed by atoms with van der Waals surface area (Å²) < 4.78 is 88.7. The van der Waals surface area contributed by atoms with E-state index in [0.717, 1.165) is 28.4 Å². The first kappa shape index (κ1) is 40.5. The predicted molar refractivity (Wildman–Crippen MR) is 154 cm³/mol. The molecule has 0 saturated heterocycles. The Balaban J connectivity index is 2.05. The molecule has 1 aliphatic heterocycles. The molecule has 1 heterocycles. The summed E-state index contributed by atoms with van der Waals surface area (Å²) in [6.07, 6.45) is -8.26. The maximum atomic E-state index is 14.2. The number of aliphatic carboxylic acids is 1. The van der Waals surface area contributed by atoms with E-state index in [4.69, 9.17) is 20.3 Å². The number of ketones is 1. The second-order valence-electron chi connectivity index (χ2n) is 11.0. The monoisotopic (exact) mass is 715 g/mol. The Kier molecular flexibility index (Phi) is 13.8. The van der Waals surface area contributed by atoms with Crippen LogP contribution in [-0.4, -0.2) is 108 Å². The van der Waals surface area contributed by atoms with Crippen LogP contribution in [0.4, 0.5) is 36.8 Å². The number of halogens is 6. The normalized spacial score (nSPS) is 18.2. The van der Waals surface area contributed by atoms with Gasteiger partial charge in [-0.2, -0.15) is 22.0 Å².